The molecule has 0 unspecified atom stereocenters. The lowest BCUT2D eigenvalue weighted by atomic mass is 10.0. The summed E-state index contributed by atoms with van der Waals surface area (Å²) in [6.07, 6.45) is 0.707. The van der Waals surface area contributed by atoms with Gasteiger partial charge in [0.1, 0.15) is 5.02 Å². The SMILES string of the molecule is CC(C)n1c(SCCCNC(=O)c2ccc(Cl)c([N+](=O)[O-])c2)nc(-c2ccccc2)c1-c1ccccc1. The molecule has 4 rings (SSSR count). The van der Waals surface area contributed by atoms with Gasteiger partial charge in [-0.05, 0) is 32.4 Å². The first-order valence-corrected chi connectivity index (χ1v) is 13.3. The maximum Gasteiger partial charge on any atom is 0.288 e. The Morgan fingerprint density at radius 3 is 2.32 bits per heavy atom. The largest absolute Gasteiger partial charge is 0.352 e. The van der Waals surface area contributed by atoms with Crippen LogP contribution in [-0.2, 0) is 0 Å². The van der Waals surface area contributed by atoms with Gasteiger partial charge < -0.3 is 9.88 Å². The summed E-state index contributed by atoms with van der Waals surface area (Å²) in [5.74, 6) is 0.374. The van der Waals surface area contributed by atoms with E-state index in [-0.39, 0.29) is 28.2 Å². The van der Waals surface area contributed by atoms with Crippen LogP contribution in [0, 0.1) is 10.1 Å². The van der Waals surface area contributed by atoms with Crippen LogP contribution in [0.1, 0.15) is 36.7 Å². The van der Waals surface area contributed by atoms with Gasteiger partial charge in [0.2, 0.25) is 0 Å². The molecule has 1 aromatic heterocycles. The molecule has 0 aliphatic rings. The molecular formula is C28H27ClN4O3S. The van der Waals surface area contributed by atoms with E-state index < -0.39 is 4.92 Å². The number of nitrogens with zero attached hydrogens (tertiary/aromatic N) is 3. The standard InChI is InChI=1S/C28H27ClN4O3S/c1-19(2)32-26(21-12-7-4-8-13-21)25(20-10-5-3-6-11-20)31-28(32)37-17-9-16-30-27(34)22-14-15-23(29)24(18-22)33(35)36/h3-8,10-15,18-19H,9,16-17H2,1-2H3,(H,30,34). The van der Waals surface area contributed by atoms with Crippen molar-refractivity contribution in [3.05, 3.63) is 99.6 Å². The third-order valence-corrected chi connectivity index (χ3v) is 7.09. The Morgan fingerprint density at radius 2 is 1.70 bits per heavy atom. The molecule has 0 spiro atoms. The molecule has 4 aromatic rings. The number of benzene rings is 3. The van der Waals surface area contributed by atoms with Crippen molar-refractivity contribution in [1.82, 2.24) is 14.9 Å². The number of thioether (sulfide) groups is 1. The van der Waals surface area contributed by atoms with Crippen molar-refractivity contribution in [1.29, 1.82) is 0 Å². The van der Waals surface area contributed by atoms with E-state index in [2.05, 4.69) is 48.0 Å². The molecule has 0 radical (unpaired) electrons. The third-order valence-electron chi connectivity index (χ3n) is 5.73. The highest BCUT2D eigenvalue weighted by atomic mass is 35.5. The van der Waals surface area contributed by atoms with Gasteiger partial charge in [-0.2, -0.15) is 0 Å². The summed E-state index contributed by atoms with van der Waals surface area (Å²) in [5, 5.41) is 14.8. The van der Waals surface area contributed by atoms with E-state index >= 15 is 0 Å². The molecule has 0 atom stereocenters. The Kier molecular flexibility index (Phi) is 8.63. The molecule has 37 heavy (non-hydrogen) atoms. The topological polar surface area (TPSA) is 90.1 Å². The first-order chi connectivity index (χ1) is 17.9. The number of carbonyl (C=O) groups excluding carboxylic acids is 1. The minimum atomic E-state index is -0.597. The smallest absolute Gasteiger partial charge is 0.288 e. The summed E-state index contributed by atoms with van der Waals surface area (Å²) in [7, 11) is 0. The molecule has 0 aliphatic heterocycles. The minimum Gasteiger partial charge on any atom is -0.352 e. The number of imidazole rings is 1. The molecule has 0 bridgehead atoms. The number of nitro groups is 1. The zero-order valence-corrected chi connectivity index (χ0v) is 22.1. The van der Waals surface area contributed by atoms with Crippen molar-refractivity contribution in [3.8, 4) is 22.5 Å². The van der Waals surface area contributed by atoms with Gasteiger partial charge in [0.25, 0.3) is 11.6 Å². The number of aromatic nitrogens is 2. The van der Waals surface area contributed by atoms with E-state index in [9.17, 15) is 14.9 Å². The van der Waals surface area contributed by atoms with E-state index in [1.54, 1.807) is 11.8 Å². The molecule has 7 nitrogen and oxygen atoms in total. The number of carbonyl (C=O) groups is 1. The van der Waals surface area contributed by atoms with Gasteiger partial charge in [-0.15, -0.1) is 0 Å². The molecular weight excluding hydrogens is 508 g/mol. The lowest BCUT2D eigenvalue weighted by Gasteiger charge is -2.16. The van der Waals surface area contributed by atoms with Gasteiger partial charge in [0.15, 0.2) is 5.16 Å². The van der Waals surface area contributed by atoms with E-state index in [1.807, 2.05) is 36.4 Å². The van der Waals surface area contributed by atoms with Crippen LogP contribution in [-0.4, -0.2) is 32.7 Å². The average Bonchev–Trinajstić information content (AvgIpc) is 3.29. The van der Waals surface area contributed by atoms with Crippen molar-refractivity contribution in [2.45, 2.75) is 31.5 Å². The summed E-state index contributed by atoms with van der Waals surface area (Å²) < 4.78 is 2.27. The van der Waals surface area contributed by atoms with Crippen LogP contribution < -0.4 is 5.32 Å². The van der Waals surface area contributed by atoms with E-state index in [0.717, 1.165) is 33.4 Å². The van der Waals surface area contributed by atoms with E-state index in [4.69, 9.17) is 16.6 Å². The summed E-state index contributed by atoms with van der Waals surface area (Å²) in [6.45, 7) is 4.73. The van der Waals surface area contributed by atoms with Gasteiger partial charge in [-0.3, -0.25) is 14.9 Å². The Morgan fingerprint density at radius 1 is 1.05 bits per heavy atom. The summed E-state index contributed by atoms with van der Waals surface area (Å²) in [4.78, 5) is 28.0. The number of amides is 1. The predicted octanol–water partition coefficient (Wildman–Crippen LogP) is 7.27. The van der Waals surface area contributed by atoms with Crippen LogP contribution >= 0.6 is 23.4 Å². The lowest BCUT2D eigenvalue weighted by molar-refractivity contribution is -0.384. The number of nitrogens with one attached hydrogen (secondary N) is 1. The number of nitro benzene ring substituents is 1. The van der Waals surface area contributed by atoms with Crippen molar-refractivity contribution in [2.75, 3.05) is 12.3 Å². The number of hydrogen-bond acceptors (Lipinski definition) is 5. The molecule has 1 heterocycles. The van der Waals surface area contributed by atoms with Crippen LogP contribution in [0.4, 0.5) is 5.69 Å². The molecule has 0 saturated carbocycles. The summed E-state index contributed by atoms with van der Waals surface area (Å²) in [5.41, 5.74) is 4.13. The van der Waals surface area contributed by atoms with Crippen molar-refractivity contribution in [3.63, 3.8) is 0 Å². The second-order valence-electron chi connectivity index (χ2n) is 8.67. The Bertz CT molecular complexity index is 1390. The highest BCUT2D eigenvalue weighted by Crippen LogP contribution is 2.38. The normalized spacial score (nSPS) is 11.0. The quantitative estimate of drug-likeness (QED) is 0.0999. The van der Waals surface area contributed by atoms with Crippen molar-refractivity contribution in [2.24, 2.45) is 0 Å². The maximum atomic E-state index is 12.5. The highest BCUT2D eigenvalue weighted by Gasteiger charge is 2.22. The Balaban J connectivity index is 1.47. The first-order valence-electron chi connectivity index (χ1n) is 11.9. The monoisotopic (exact) mass is 534 g/mol. The third kappa shape index (κ3) is 6.21. The van der Waals surface area contributed by atoms with Crippen LogP contribution in [0.5, 0.6) is 0 Å². The fourth-order valence-corrected chi connectivity index (χ4v) is 5.25. The maximum absolute atomic E-state index is 12.5. The van der Waals surface area contributed by atoms with Gasteiger partial charge in [0.05, 0.1) is 16.3 Å². The molecule has 190 valence electrons. The fourth-order valence-electron chi connectivity index (χ4n) is 4.00. The molecule has 0 aliphatic carbocycles. The van der Waals surface area contributed by atoms with Crippen LogP contribution in [0.3, 0.4) is 0 Å². The second kappa shape index (κ2) is 12.1. The Labute approximate surface area is 225 Å². The van der Waals surface area contributed by atoms with Crippen molar-refractivity contribution >= 4 is 35.0 Å². The zero-order valence-electron chi connectivity index (χ0n) is 20.6. The van der Waals surface area contributed by atoms with Crippen molar-refractivity contribution < 1.29 is 9.72 Å². The predicted molar refractivity (Wildman–Crippen MR) is 149 cm³/mol. The van der Waals surface area contributed by atoms with Gasteiger partial charge in [0, 0.05) is 41.1 Å². The fraction of sp³-hybridized carbons (Fsp3) is 0.214. The molecule has 3 aromatic carbocycles. The molecule has 0 saturated heterocycles. The molecule has 0 fully saturated rings. The van der Waals surface area contributed by atoms with Gasteiger partial charge >= 0.3 is 0 Å². The molecule has 9 heteroatoms. The minimum absolute atomic E-state index is 0.00310. The molecule has 1 N–H and O–H groups in total. The number of halogens is 1. The van der Waals surface area contributed by atoms with E-state index in [1.165, 1.54) is 18.2 Å². The number of rotatable bonds is 10. The number of hydrogen-bond donors (Lipinski definition) is 1. The highest BCUT2D eigenvalue weighted by molar-refractivity contribution is 7.99. The Hall–Kier alpha value is -3.62. The summed E-state index contributed by atoms with van der Waals surface area (Å²) >= 11 is 7.49. The van der Waals surface area contributed by atoms with Crippen LogP contribution in [0.2, 0.25) is 5.02 Å². The average molecular weight is 535 g/mol. The summed E-state index contributed by atoms with van der Waals surface area (Å²) in [6, 6.07) is 24.7. The lowest BCUT2D eigenvalue weighted by Crippen LogP contribution is -2.24. The first kappa shape index (κ1) is 26.4. The zero-order chi connectivity index (χ0) is 26.4. The van der Waals surface area contributed by atoms with Crippen LogP contribution in [0.25, 0.3) is 22.5 Å². The molecule has 1 amide bonds. The second-order valence-corrected chi connectivity index (χ2v) is 10.1. The van der Waals surface area contributed by atoms with E-state index in [0.29, 0.717) is 13.0 Å². The van der Waals surface area contributed by atoms with Crippen LogP contribution in [0.15, 0.2) is 84.0 Å². The van der Waals surface area contributed by atoms with Gasteiger partial charge in [-0.1, -0.05) is 84.0 Å². The van der Waals surface area contributed by atoms with Gasteiger partial charge in [-0.25, -0.2) is 4.98 Å².